The lowest BCUT2D eigenvalue weighted by atomic mass is 10.0. The Hall–Kier alpha value is -3.82. The van der Waals surface area contributed by atoms with Crippen LogP contribution >= 0.6 is 0 Å². The van der Waals surface area contributed by atoms with E-state index in [0.29, 0.717) is 31.0 Å². The SMILES string of the molecule is C#Cc1nc(-c2cc(C#N)ccc2F)c(F)c2nc(OC)nc(N3CC4CCC(C3)N4)c12. The second-order valence-corrected chi connectivity index (χ2v) is 7.87. The minimum Gasteiger partial charge on any atom is -0.467 e. The van der Waals surface area contributed by atoms with Gasteiger partial charge in [-0.15, -0.1) is 6.42 Å². The summed E-state index contributed by atoms with van der Waals surface area (Å²) in [5.41, 5.74) is -0.312. The van der Waals surface area contributed by atoms with Gasteiger partial charge < -0.3 is 15.0 Å². The molecule has 3 aromatic rings. The molecule has 1 aromatic carbocycles. The van der Waals surface area contributed by atoms with Crippen LogP contribution in [-0.4, -0.2) is 47.2 Å². The lowest BCUT2D eigenvalue weighted by Gasteiger charge is -2.34. The second-order valence-electron chi connectivity index (χ2n) is 7.87. The number of hydrogen-bond donors (Lipinski definition) is 1. The van der Waals surface area contributed by atoms with E-state index in [1.807, 2.05) is 11.0 Å². The fraction of sp³-hybridized carbons (Fsp3) is 0.304. The van der Waals surface area contributed by atoms with E-state index in [1.165, 1.54) is 19.2 Å². The normalized spacial score (nSPS) is 19.6. The second kappa shape index (κ2) is 7.70. The van der Waals surface area contributed by atoms with Crippen molar-refractivity contribution in [2.75, 3.05) is 25.1 Å². The predicted octanol–water partition coefficient (Wildman–Crippen LogP) is 2.77. The molecule has 9 heteroatoms. The van der Waals surface area contributed by atoms with Crippen LogP contribution in [0.4, 0.5) is 14.6 Å². The number of benzene rings is 1. The third kappa shape index (κ3) is 3.19. The number of nitriles is 1. The number of hydrogen-bond acceptors (Lipinski definition) is 7. The fourth-order valence-corrected chi connectivity index (χ4v) is 4.48. The standard InChI is InChI=1S/C23H18F2N6O/c1-3-17-18-21(19(25)20(28-17)15-8-12(9-26)4-7-16(15)24)29-23(32-2)30-22(18)31-10-13-5-6-14(11-31)27-13/h1,4,7-8,13-14,27H,5-6,10-11H2,2H3. The molecule has 0 aliphatic carbocycles. The molecule has 2 aliphatic heterocycles. The number of fused-ring (bicyclic) bond motifs is 3. The molecule has 0 radical (unpaired) electrons. The molecule has 2 aromatic heterocycles. The van der Waals surface area contributed by atoms with Crippen LogP contribution in [0.15, 0.2) is 18.2 Å². The zero-order chi connectivity index (χ0) is 22.4. The molecule has 2 unspecified atom stereocenters. The third-order valence-electron chi connectivity index (χ3n) is 5.93. The maximum absolute atomic E-state index is 15.8. The number of anilines is 1. The van der Waals surface area contributed by atoms with Crippen molar-refractivity contribution in [3.05, 3.63) is 41.1 Å². The topological polar surface area (TPSA) is 87.0 Å². The summed E-state index contributed by atoms with van der Waals surface area (Å²) in [6, 6.07) is 6.14. The molecule has 2 aliphatic rings. The summed E-state index contributed by atoms with van der Waals surface area (Å²) in [5, 5.41) is 13.0. The van der Waals surface area contributed by atoms with Gasteiger partial charge in [0.1, 0.15) is 28.5 Å². The summed E-state index contributed by atoms with van der Waals surface area (Å²) in [7, 11) is 1.39. The van der Waals surface area contributed by atoms with E-state index in [2.05, 4.69) is 26.2 Å². The van der Waals surface area contributed by atoms with Gasteiger partial charge >= 0.3 is 6.01 Å². The predicted molar refractivity (Wildman–Crippen MR) is 114 cm³/mol. The van der Waals surface area contributed by atoms with Crippen molar-refractivity contribution in [1.29, 1.82) is 5.26 Å². The average Bonchev–Trinajstić information content (AvgIpc) is 3.16. The summed E-state index contributed by atoms with van der Waals surface area (Å²) >= 11 is 0. The lowest BCUT2D eigenvalue weighted by molar-refractivity contribution is 0.380. The van der Waals surface area contributed by atoms with Crippen LogP contribution in [0.5, 0.6) is 6.01 Å². The molecule has 1 N–H and O–H groups in total. The van der Waals surface area contributed by atoms with Gasteiger partial charge in [0.15, 0.2) is 5.82 Å². The summed E-state index contributed by atoms with van der Waals surface area (Å²) < 4.78 is 35.6. The van der Waals surface area contributed by atoms with Gasteiger partial charge in [-0.2, -0.15) is 15.2 Å². The molecule has 4 heterocycles. The molecule has 0 amide bonds. The van der Waals surface area contributed by atoms with E-state index >= 15 is 4.39 Å². The minimum atomic E-state index is -0.854. The van der Waals surface area contributed by atoms with Gasteiger partial charge in [-0.1, -0.05) is 0 Å². The van der Waals surface area contributed by atoms with E-state index in [1.54, 1.807) is 0 Å². The summed E-state index contributed by atoms with van der Waals surface area (Å²) in [6.07, 6.45) is 7.84. The van der Waals surface area contributed by atoms with Gasteiger partial charge in [0.2, 0.25) is 0 Å². The van der Waals surface area contributed by atoms with Crippen molar-refractivity contribution in [3.63, 3.8) is 0 Å². The van der Waals surface area contributed by atoms with E-state index in [-0.39, 0.29) is 39.4 Å². The molecule has 32 heavy (non-hydrogen) atoms. The van der Waals surface area contributed by atoms with Crippen molar-refractivity contribution in [1.82, 2.24) is 20.3 Å². The first-order valence-electron chi connectivity index (χ1n) is 10.1. The number of methoxy groups -OCH3 is 1. The zero-order valence-electron chi connectivity index (χ0n) is 17.2. The summed E-state index contributed by atoms with van der Waals surface area (Å²) in [4.78, 5) is 15.0. The maximum Gasteiger partial charge on any atom is 0.318 e. The van der Waals surface area contributed by atoms with Crippen molar-refractivity contribution in [2.45, 2.75) is 24.9 Å². The number of ether oxygens (including phenoxy) is 1. The highest BCUT2D eigenvalue weighted by Crippen LogP contribution is 2.36. The Balaban J connectivity index is 1.77. The van der Waals surface area contributed by atoms with Crippen LogP contribution in [0.2, 0.25) is 0 Å². The molecule has 5 rings (SSSR count). The Morgan fingerprint density at radius 1 is 1.19 bits per heavy atom. The zero-order valence-corrected chi connectivity index (χ0v) is 17.2. The largest absolute Gasteiger partial charge is 0.467 e. The monoisotopic (exact) mass is 432 g/mol. The van der Waals surface area contributed by atoms with Crippen LogP contribution < -0.4 is 15.0 Å². The lowest BCUT2D eigenvalue weighted by Crippen LogP contribution is -2.51. The fourth-order valence-electron chi connectivity index (χ4n) is 4.48. The molecular formula is C23H18F2N6O. The Morgan fingerprint density at radius 2 is 1.94 bits per heavy atom. The Morgan fingerprint density at radius 3 is 2.59 bits per heavy atom. The molecule has 2 bridgehead atoms. The quantitative estimate of drug-likeness (QED) is 0.637. The summed E-state index contributed by atoms with van der Waals surface area (Å²) in [6.45, 7) is 1.36. The molecule has 2 atom stereocenters. The number of halogens is 2. The van der Waals surface area contributed by atoms with Gasteiger partial charge in [0.25, 0.3) is 0 Å². The number of nitrogens with zero attached hydrogens (tertiary/aromatic N) is 5. The van der Waals surface area contributed by atoms with Crippen molar-refractivity contribution in [3.8, 4) is 35.7 Å². The highest BCUT2D eigenvalue weighted by atomic mass is 19.1. The highest BCUT2D eigenvalue weighted by molar-refractivity contribution is 5.96. The van der Waals surface area contributed by atoms with E-state index in [4.69, 9.17) is 11.2 Å². The van der Waals surface area contributed by atoms with Gasteiger partial charge in [-0.05, 0) is 37.0 Å². The molecule has 160 valence electrons. The van der Waals surface area contributed by atoms with Crippen molar-refractivity contribution >= 4 is 16.7 Å². The molecule has 7 nitrogen and oxygen atoms in total. The first-order valence-corrected chi connectivity index (χ1v) is 10.1. The van der Waals surface area contributed by atoms with Crippen molar-refractivity contribution < 1.29 is 13.5 Å². The highest BCUT2D eigenvalue weighted by Gasteiger charge is 2.35. The van der Waals surface area contributed by atoms with Crippen molar-refractivity contribution in [2.24, 2.45) is 0 Å². The Kier molecular flexibility index (Phi) is 4.84. The van der Waals surface area contributed by atoms with Crippen LogP contribution in [0.1, 0.15) is 24.1 Å². The van der Waals surface area contributed by atoms with Gasteiger partial charge in [0.05, 0.1) is 24.1 Å². The van der Waals surface area contributed by atoms with E-state index in [0.717, 1.165) is 18.9 Å². The molecule has 2 fully saturated rings. The van der Waals surface area contributed by atoms with Crippen LogP contribution in [0, 0.1) is 35.3 Å². The minimum absolute atomic E-state index is 0.0244. The van der Waals surface area contributed by atoms with Gasteiger partial charge in [0, 0.05) is 30.7 Å². The van der Waals surface area contributed by atoms with E-state index < -0.39 is 11.6 Å². The van der Waals surface area contributed by atoms with Crippen LogP contribution in [0.3, 0.4) is 0 Å². The van der Waals surface area contributed by atoms with Crippen LogP contribution in [-0.2, 0) is 0 Å². The Bertz CT molecular complexity index is 1320. The number of terminal acetylenes is 1. The molecule has 0 spiro atoms. The molecule has 0 saturated carbocycles. The van der Waals surface area contributed by atoms with Gasteiger partial charge in [-0.25, -0.2) is 13.8 Å². The maximum atomic E-state index is 15.8. The number of piperazine rings is 1. The first-order chi connectivity index (χ1) is 15.5. The average molecular weight is 432 g/mol. The molecule has 2 saturated heterocycles. The summed E-state index contributed by atoms with van der Waals surface area (Å²) in [5.74, 6) is 1.35. The Labute approximate surface area is 183 Å². The van der Waals surface area contributed by atoms with Crippen LogP contribution in [0.25, 0.3) is 22.2 Å². The smallest absolute Gasteiger partial charge is 0.318 e. The van der Waals surface area contributed by atoms with Gasteiger partial charge in [-0.3, -0.25) is 0 Å². The van der Waals surface area contributed by atoms with E-state index in [9.17, 15) is 9.65 Å². The first kappa shape index (κ1) is 20.1. The number of rotatable bonds is 3. The number of nitrogens with one attached hydrogen (secondary N) is 1. The number of aromatic nitrogens is 3. The third-order valence-corrected chi connectivity index (χ3v) is 5.93. The number of pyridine rings is 1. The molecular weight excluding hydrogens is 414 g/mol.